The van der Waals surface area contributed by atoms with Crippen molar-refractivity contribution >= 4 is 0 Å². The van der Waals surface area contributed by atoms with Crippen molar-refractivity contribution in [3.8, 4) is 0 Å². The van der Waals surface area contributed by atoms with E-state index in [9.17, 15) is 5.11 Å². The van der Waals surface area contributed by atoms with Gasteiger partial charge in [-0.3, -0.25) is 0 Å². The van der Waals surface area contributed by atoms with Gasteiger partial charge in [-0.2, -0.15) is 0 Å². The van der Waals surface area contributed by atoms with Gasteiger partial charge in [-0.1, -0.05) is 56.0 Å². The Balaban J connectivity index is 1.70. The van der Waals surface area contributed by atoms with Gasteiger partial charge in [-0.25, -0.2) is 0 Å². The summed E-state index contributed by atoms with van der Waals surface area (Å²) in [6.07, 6.45) is 6.10. The topological polar surface area (TPSA) is 32.3 Å². The molecule has 1 unspecified atom stereocenters. The van der Waals surface area contributed by atoms with Crippen molar-refractivity contribution in [1.82, 2.24) is 5.32 Å². The second-order valence-electron chi connectivity index (χ2n) is 5.58. The monoisotopic (exact) mass is 247 g/mol. The van der Waals surface area contributed by atoms with Gasteiger partial charge in [0.15, 0.2) is 0 Å². The van der Waals surface area contributed by atoms with Crippen LogP contribution in [-0.2, 0) is 0 Å². The van der Waals surface area contributed by atoms with Crippen LogP contribution in [-0.4, -0.2) is 17.8 Å². The molecule has 1 fully saturated rings. The van der Waals surface area contributed by atoms with Crippen molar-refractivity contribution in [3.63, 3.8) is 0 Å². The second kappa shape index (κ2) is 6.91. The van der Waals surface area contributed by atoms with Crippen LogP contribution < -0.4 is 5.32 Å². The molecule has 1 aromatic carbocycles. The predicted octanol–water partition coefficient (Wildman–Crippen LogP) is 3.28. The predicted molar refractivity (Wildman–Crippen MR) is 75.4 cm³/mol. The molecule has 0 heterocycles. The molecule has 0 spiro atoms. The number of aliphatic hydroxyl groups is 1. The van der Waals surface area contributed by atoms with Crippen molar-refractivity contribution in [2.24, 2.45) is 5.92 Å². The van der Waals surface area contributed by atoms with E-state index in [1.54, 1.807) is 0 Å². The van der Waals surface area contributed by atoms with E-state index in [0.717, 1.165) is 12.3 Å². The Morgan fingerprint density at radius 1 is 1.22 bits per heavy atom. The van der Waals surface area contributed by atoms with E-state index in [1.807, 2.05) is 6.07 Å². The van der Waals surface area contributed by atoms with E-state index in [1.165, 1.54) is 31.2 Å². The molecule has 0 saturated heterocycles. The molecule has 0 radical (unpaired) electrons. The van der Waals surface area contributed by atoms with E-state index in [-0.39, 0.29) is 6.10 Å². The van der Waals surface area contributed by atoms with Crippen LogP contribution in [0.4, 0.5) is 0 Å². The summed E-state index contributed by atoms with van der Waals surface area (Å²) < 4.78 is 0. The zero-order chi connectivity index (χ0) is 12.8. The molecule has 0 amide bonds. The number of rotatable bonds is 6. The fraction of sp³-hybridized carbons (Fsp3) is 0.625. The molecule has 0 aromatic heterocycles. The zero-order valence-electron chi connectivity index (χ0n) is 11.3. The van der Waals surface area contributed by atoms with Gasteiger partial charge in [0, 0.05) is 12.6 Å². The van der Waals surface area contributed by atoms with Gasteiger partial charge in [0.05, 0.1) is 6.10 Å². The Bertz CT molecular complexity index is 332. The zero-order valence-corrected chi connectivity index (χ0v) is 11.3. The lowest BCUT2D eigenvalue weighted by Crippen LogP contribution is -2.30. The Morgan fingerprint density at radius 2 is 1.89 bits per heavy atom. The highest BCUT2D eigenvalue weighted by molar-refractivity contribution is 5.17. The third-order valence-electron chi connectivity index (χ3n) is 4.04. The molecule has 2 nitrogen and oxygen atoms in total. The third kappa shape index (κ3) is 4.11. The summed E-state index contributed by atoms with van der Waals surface area (Å²) in [5.74, 6) is 0.758. The minimum absolute atomic E-state index is 0.195. The van der Waals surface area contributed by atoms with Gasteiger partial charge in [0.25, 0.3) is 0 Å². The summed E-state index contributed by atoms with van der Waals surface area (Å²) in [6, 6.07) is 10.7. The molecule has 2 heteroatoms. The highest BCUT2D eigenvalue weighted by Gasteiger charge is 2.19. The quantitative estimate of drug-likeness (QED) is 0.808. The summed E-state index contributed by atoms with van der Waals surface area (Å²) in [6.45, 7) is 2.85. The first-order valence-corrected chi connectivity index (χ1v) is 7.22. The highest BCUT2D eigenvalue weighted by Crippen LogP contribution is 2.28. The lowest BCUT2D eigenvalue weighted by Gasteiger charge is -2.19. The first kappa shape index (κ1) is 13.6. The van der Waals surface area contributed by atoms with Crippen molar-refractivity contribution in [3.05, 3.63) is 35.9 Å². The number of nitrogens with one attached hydrogen (secondary N) is 1. The van der Waals surface area contributed by atoms with Crippen LogP contribution in [0.3, 0.4) is 0 Å². The van der Waals surface area contributed by atoms with Crippen LogP contribution in [0.2, 0.25) is 0 Å². The largest absolute Gasteiger partial charge is 0.392 e. The molecule has 1 aliphatic carbocycles. The van der Waals surface area contributed by atoms with Gasteiger partial charge in [-0.05, 0) is 24.8 Å². The van der Waals surface area contributed by atoms with Crippen molar-refractivity contribution < 1.29 is 5.11 Å². The lowest BCUT2D eigenvalue weighted by atomic mass is 10.00. The van der Waals surface area contributed by atoms with Gasteiger partial charge < -0.3 is 10.4 Å². The summed E-state index contributed by atoms with van der Waals surface area (Å²) >= 11 is 0. The Hall–Kier alpha value is -0.860. The molecule has 1 aliphatic rings. The summed E-state index contributed by atoms with van der Waals surface area (Å²) in [5.41, 5.74) is 1.28. The van der Waals surface area contributed by atoms with Crippen molar-refractivity contribution in [1.29, 1.82) is 0 Å². The van der Waals surface area contributed by atoms with Crippen LogP contribution in [0, 0.1) is 5.92 Å². The molecule has 100 valence electrons. The maximum absolute atomic E-state index is 10.0. The Kier molecular flexibility index (Phi) is 5.21. The van der Waals surface area contributed by atoms with Crippen LogP contribution in [0.5, 0.6) is 0 Å². The van der Waals surface area contributed by atoms with Gasteiger partial charge in [0.1, 0.15) is 0 Å². The smallest absolute Gasteiger partial charge is 0.0667 e. The summed E-state index contributed by atoms with van der Waals surface area (Å²) in [7, 11) is 0. The molecule has 1 aromatic rings. The SMILES string of the molecule is C[C@@H](NCC(O)CC1CCCC1)c1ccccc1. The fourth-order valence-electron chi connectivity index (χ4n) is 2.89. The molecular weight excluding hydrogens is 222 g/mol. The molecule has 1 saturated carbocycles. The Morgan fingerprint density at radius 3 is 2.56 bits per heavy atom. The molecule has 2 N–H and O–H groups in total. The first-order chi connectivity index (χ1) is 8.75. The molecule has 18 heavy (non-hydrogen) atoms. The van der Waals surface area contributed by atoms with Crippen LogP contribution >= 0.6 is 0 Å². The number of hydrogen-bond acceptors (Lipinski definition) is 2. The van der Waals surface area contributed by atoms with Gasteiger partial charge in [0.2, 0.25) is 0 Å². The second-order valence-corrected chi connectivity index (χ2v) is 5.58. The normalized spacial score (nSPS) is 19.9. The standard InChI is InChI=1S/C16H25NO/c1-13(15-9-3-2-4-10-15)17-12-16(18)11-14-7-5-6-8-14/h2-4,9-10,13-14,16-18H,5-8,11-12H2,1H3/t13-,16?/m1/s1. The van der Waals surface area contributed by atoms with E-state index in [0.29, 0.717) is 12.6 Å². The summed E-state index contributed by atoms with van der Waals surface area (Å²) in [4.78, 5) is 0. The van der Waals surface area contributed by atoms with E-state index < -0.39 is 0 Å². The minimum Gasteiger partial charge on any atom is -0.392 e. The van der Waals surface area contributed by atoms with E-state index in [2.05, 4.69) is 36.5 Å². The van der Waals surface area contributed by atoms with Gasteiger partial charge in [-0.15, -0.1) is 0 Å². The number of aliphatic hydroxyl groups excluding tert-OH is 1. The van der Waals surface area contributed by atoms with E-state index in [4.69, 9.17) is 0 Å². The molecule has 2 rings (SSSR count). The maximum Gasteiger partial charge on any atom is 0.0667 e. The molecular formula is C16H25NO. The fourth-order valence-corrected chi connectivity index (χ4v) is 2.89. The number of hydrogen-bond donors (Lipinski definition) is 2. The lowest BCUT2D eigenvalue weighted by molar-refractivity contribution is 0.137. The third-order valence-corrected chi connectivity index (χ3v) is 4.04. The maximum atomic E-state index is 10.0. The van der Waals surface area contributed by atoms with Crippen molar-refractivity contribution in [2.45, 2.75) is 51.2 Å². The summed E-state index contributed by atoms with van der Waals surface area (Å²) in [5, 5.41) is 13.5. The van der Waals surface area contributed by atoms with Crippen molar-refractivity contribution in [2.75, 3.05) is 6.54 Å². The molecule has 0 bridgehead atoms. The minimum atomic E-state index is -0.195. The van der Waals surface area contributed by atoms with E-state index >= 15 is 0 Å². The van der Waals surface area contributed by atoms with Crippen LogP contribution in [0.25, 0.3) is 0 Å². The average Bonchev–Trinajstić information content (AvgIpc) is 2.90. The number of benzene rings is 1. The molecule has 2 atom stereocenters. The molecule has 0 aliphatic heterocycles. The first-order valence-electron chi connectivity index (χ1n) is 7.22. The highest BCUT2D eigenvalue weighted by atomic mass is 16.3. The van der Waals surface area contributed by atoms with Crippen LogP contribution in [0.15, 0.2) is 30.3 Å². The van der Waals surface area contributed by atoms with Crippen LogP contribution in [0.1, 0.15) is 50.6 Å². The Labute approximate surface area is 110 Å². The van der Waals surface area contributed by atoms with Gasteiger partial charge >= 0.3 is 0 Å². The average molecular weight is 247 g/mol.